The van der Waals surface area contributed by atoms with Crippen LogP contribution in [0.3, 0.4) is 0 Å². The molecule has 0 fully saturated rings. The molecular weight excluding hydrogens is 414 g/mol. The van der Waals surface area contributed by atoms with E-state index in [9.17, 15) is 14.4 Å². The SMILES string of the molecule is Cc1c(Br)cc(C(=O)O)cc1C(=O)O.O=c1ccccn1-c1ccccc1. The van der Waals surface area contributed by atoms with Gasteiger partial charge in [-0.25, -0.2) is 9.59 Å². The van der Waals surface area contributed by atoms with Gasteiger partial charge in [0.25, 0.3) is 5.56 Å². The molecule has 3 aromatic rings. The standard InChI is InChI=1S/C11H9NO.C9H7BrO4/c13-11-8-4-5-9-12(11)10-6-2-1-3-7-10;1-4-6(9(13)14)2-5(8(11)12)3-7(4)10/h1-9H;2-3H,1H3,(H,11,12)(H,13,14). The molecule has 7 heteroatoms. The van der Waals surface area contributed by atoms with Gasteiger partial charge in [-0.2, -0.15) is 0 Å². The van der Waals surface area contributed by atoms with Crippen molar-refractivity contribution in [3.63, 3.8) is 0 Å². The van der Waals surface area contributed by atoms with Gasteiger partial charge in [0.05, 0.1) is 11.1 Å². The normalized spacial score (nSPS) is 9.85. The highest BCUT2D eigenvalue weighted by Gasteiger charge is 2.14. The van der Waals surface area contributed by atoms with Gasteiger partial charge >= 0.3 is 11.9 Å². The van der Waals surface area contributed by atoms with Crippen molar-refractivity contribution in [2.45, 2.75) is 6.92 Å². The van der Waals surface area contributed by atoms with Gasteiger partial charge in [-0.1, -0.05) is 40.2 Å². The number of rotatable bonds is 3. The van der Waals surface area contributed by atoms with Crippen LogP contribution in [0.1, 0.15) is 26.3 Å². The molecule has 2 aromatic carbocycles. The average Bonchev–Trinajstić information content (AvgIpc) is 2.65. The summed E-state index contributed by atoms with van der Waals surface area (Å²) in [7, 11) is 0. The summed E-state index contributed by atoms with van der Waals surface area (Å²) >= 11 is 3.11. The van der Waals surface area contributed by atoms with E-state index in [1.807, 2.05) is 36.4 Å². The van der Waals surface area contributed by atoms with Gasteiger partial charge < -0.3 is 10.2 Å². The second-order valence-corrected chi connectivity index (χ2v) is 6.34. The van der Waals surface area contributed by atoms with E-state index in [4.69, 9.17) is 10.2 Å². The molecule has 1 aromatic heterocycles. The maximum Gasteiger partial charge on any atom is 0.336 e. The minimum atomic E-state index is -1.15. The van der Waals surface area contributed by atoms with Crippen LogP contribution in [0.25, 0.3) is 5.69 Å². The molecule has 2 N–H and O–H groups in total. The fourth-order valence-electron chi connectivity index (χ4n) is 2.25. The van der Waals surface area contributed by atoms with Crippen molar-refractivity contribution < 1.29 is 19.8 Å². The molecule has 0 aliphatic carbocycles. The zero-order chi connectivity index (χ0) is 20.0. The summed E-state index contributed by atoms with van der Waals surface area (Å²) in [5.74, 6) is -2.28. The summed E-state index contributed by atoms with van der Waals surface area (Å²) in [5.41, 5.74) is 1.36. The third-order valence-corrected chi connectivity index (χ3v) is 4.50. The van der Waals surface area contributed by atoms with E-state index in [2.05, 4.69) is 15.9 Å². The van der Waals surface area contributed by atoms with E-state index < -0.39 is 11.9 Å². The number of benzene rings is 2. The Hall–Kier alpha value is -3.19. The summed E-state index contributed by atoms with van der Waals surface area (Å²) in [6.07, 6.45) is 1.76. The van der Waals surface area contributed by atoms with Crippen molar-refractivity contribution in [1.82, 2.24) is 4.57 Å². The predicted octanol–water partition coefficient (Wildman–Crippen LogP) is 3.99. The molecule has 0 radical (unpaired) electrons. The number of nitrogens with zero attached hydrogens (tertiary/aromatic N) is 1. The van der Waals surface area contributed by atoms with Gasteiger partial charge in [0, 0.05) is 22.4 Å². The molecule has 1 heterocycles. The van der Waals surface area contributed by atoms with Gasteiger partial charge in [0.1, 0.15) is 0 Å². The Morgan fingerprint density at radius 1 is 0.926 bits per heavy atom. The monoisotopic (exact) mass is 429 g/mol. The quantitative estimate of drug-likeness (QED) is 0.655. The van der Waals surface area contributed by atoms with Crippen LogP contribution >= 0.6 is 15.9 Å². The largest absolute Gasteiger partial charge is 0.478 e. The van der Waals surface area contributed by atoms with Crippen LogP contribution in [0.5, 0.6) is 0 Å². The molecule has 27 heavy (non-hydrogen) atoms. The molecule has 0 spiro atoms. The second-order valence-electron chi connectivity index (χ2n) is 5.49. The lowest BCUT2D eigenvalue weighted by molar-refractivity contribution is 0.0695. The van der Waals surface area contributed by atoms with Crippen molar-refractivity contribution in [2.75, 3.05) is 0 Å². The lowest BCUT2D eigenvalue weighted by Gasteiger charge is -2.04. The van der Waals surface area contributed by atoms with Gasteiger partial charge in [-0.3, -0.25) is 9.36 Å². The highest BCUT2D eigenvalue weighted by Crippen LogP contribution is 2.22. The van der Waals surface area contributed by atoms with Crippen LogP contribution in [0, 0.1) is 6.92 Å². The fourth-order valence-corrected chi connectivity index (χ4v) is 2.71. The first-order valence-corrected chi connectivity index (χ1v) is 8.60. The van der Waals surface area contributed by atoms with Crippen LogP contribution in [0.15, 0.2) is 76.1 Å². The van der Waals surface area contributed by atoms with E-state index in [0.717, 1.165) is 11.8 Å². The Bertz CT molecular complexity index is 1030. The number of aromatic nitrogens is 1. The number of aromatic carboxylic acids is 2. The third kappa shape index (κ3) is 5.15. The lowest BCUT2D eigenvalue weighted by Crippen LogP contribution is -2.15. The van der Waals surface area contributed by atoms with Gasteiger partial charge in [-0.05, 0) is 42.8 Å². The average molecular weight is 430 g/mol. The molecule has 138 valence electrons. The molecule has 0 saturated carbocycles. The van der Waals surface area contributed by atoms with Gasteiger partial charge in [0.2, 0.25) is 0 Å². The van der Waals surface area contributed by atoms with Gasteiger partial charge in [-0.15, -0.1) is 0 Å². The van der Waals surface area contributed by atoms with Crippen LogP contribution in [-0.2, 0) is 0 Å². The Morgan fingerprint density at radius 3 is 2.11 bits per heavy atom. The maximum atomic E-state index is 11.4. The number of carboxylic acid groups (broad SMARTS) is 2. The van der Waals surface area contributed by atoms with Crippen LogP contribution < -0.4 is 5.56 Å². The molecular formula is C20H16BrNO5. The van der Waals surface area contributed by atoms with E-state index in [1.54, 1.807) is 29.8 Å². The van der Waals surface area contributed by atoms with Crippen molar-refractivity contribution in [3.05, 3.63) is 98.4 Å². The summed E-state index contributed by atoms with van der Waals surface area (Å²) in [4.78, 5) is 32.7. The van der Waals surface area contributed by atoms with E-state index >= 15 is 0 Å². The highest BCUT2D eigenvalue weighted by molar-refractivity contribution is 9.10. The van der Waals surface area contributed by atoms with Gasteiger partial charge in [0.15, 0.2) is 0 Å². The molecule has 0 aliphatic rings. The molecule has 0 saturated heterocycles. The zero-order valence-corrected chi connectivity index (χ0v) is 15.9. The smallest absolute Gasteiger partial charge is 0.336 e. The van der Waals surface area contributed by atoms with E-state index in [0.29, 0.717) is 10.0 Å². The Morgan fingerprint density at radius 2 is 1.56 bits per heavy atom. The minimum Gasteiger partial charge on any atom is -0.478 e. The van der Waals surface area contributed by atoms with E-state index in [-0.39, 0.29) is 16.7 Å². The van der Waals surface area contributed by atoms with Crippen molar-refractivity contribution in [1.29, 1.82) is 0 Å². The van der Waals surface area contributed by atoms with Crippen molar-refractivity contribution in [3.8, 4) is 5.69 Å². The highest BCUT2D eigenvalue weighted by atomic mass is 79.9. The topological polar surface area (TPSA) is 96.6 Å². The first kappa shape index (κ1) is 20.1. The number of hydrogen-bond acceptors (Lipinski definition) is 3. The molecule has 0 aliphatic heterocycles. The first-order valence-electron chi connectivity index (χ1n) is 7.81. The Kier molecular flexibility index (Phi) is 6.67. The molecule has 0 bridgehead atoms. The van der Waals surface area contributed by atoms with E-state index in [1.165, 1.54) is 6.07 Å². The van der Waals surface area contributed by atoms with Crippen LogP contribution in [-0.4, -0.2) is 26.7 Å². The lowest BCUT2D eigenvalue weighted by atomic mass is 10.1. The number of halogens is 1. The summed E-state index contributed by atoms with van der Waals surface area (Å²) in [6.45, 7) is 1.61. The zero-order valence-electron chi connectivity index (χ0n) is 14.3. The maximum absolute atomic E-state index is 11.4. The van der Waals surface area contributed by atoms with Crippen molar-refractivity contribution in [2.24, 2.45) is 0 Å². The summed E-state index contributed by atoms with van der Waals surface area (Å²) < 4.78 is 2.09. The van der Waals surface area contributed by atoms with Crippen molar-refractivity contribution >= 4 is 27.9 Å². The molecule has 3 rings (SSSR count). The Balaban J connectivity index is 0.000000194. The number of para-hydroxylation sites is 1. The first-order chi connectivity index (χ1) is 12.8. The molecule has 0 amide bonds. The minimum absolute atomic E-state index is 0.00299. The molecule has 0 unspecified atom stereocenters. The summed E-state index contributed by atoms with van der Waals surface area (Å²) in [5, 5.41) is 17.5. The third-order valence-electron chi connectivity index (χ3n) is 3.68. The predicted molar refractivity (Wildman–Crippen MR) is 105 cm³/mol. The molecule has 6 nitrogen and oxygen atoms in total. The van der Waals surface area contributed by atoms with Crippen LogP contribution in [0.2, 0.25) is 0 Å². The fraction of sp³-hybridized carbons (Fsp3) is 0.0500. The molecule has 0 atom stereocenters. The van der Waals surface area contributed by atoms with Crippen LogP contribution in [0.4, 0.5) is 0 Å². The number of carbonyl (C=O) groups is 2. The second kappa shape index (κ2) is 8.95. The summed E-state index contributed by atoms with van der Waals surface area (Å²) in [6, 6.07) is 17.2. The number of carboxylic acids is 2. The number of hydrogen-bond donors (Lipinski definition) is 2. The Labute approximate surface area is 163 Å². The number of pyridine rings is 1.